The van der Waals surface area contributed by atoms with Gasteiger partial charge in [-0.05, 0) is 26.2 Å². The topological polar surface area (TPSA) is 106 Å². The maximum atomic E-state index is 12.8. The molecule has 0 saturated heterocycles. The summed E-state index contributed by atoms with van der Waals surface area (Å²) in [5.41, 5.74) is 6.04. The van der Waals surface area contributed by atoms with Crippen molar-refractivity contribution in [1.29, 1.82) is 5.53 Å². The van der Waals surface area contributed by atoms with Crippen molar-refractivity contribution in [3.8, 4) is 0 Å². The molecule has 0 aromatic rings. The third-order valence-corrected chi connectivity index (χ3v) is 4.82. The van der Waals surface area contributed by atoms with Gasteiger partial charge in [-0.15, -0.1) is 0 Å². The van der Waals surface area contributed by atoms with Crippen molar-refractivity contribution in [3.05, 3.63) is 0 Å². The van der Waals surface area contributed by atoms with E-state index in [0.29, 0.717) is 19.3 Å². The Bertz CT molecular complexity index is 495. The largest absolute Gasteiger partial charge is 0.462 e. The molecular weight excluding hydrogens is 360 g/mol. The van der Waals surface area contributed by atoms with Crippen molar-refractivity contribution >= 4 is 17.7 Å². The van der Waals surface area contributed by atoms with Crippen molar-refractivity contribution < 1.29 is 23.9 Å². The van der Waals surface area contributed by atoms with E-state index >= 15 is 0 Å². The molecule has 0 amide bonds. The quantitative estimate of drug-likeness (QED) is 0.207. The van der Waals surface area contributed by atoms with E-state index in [1.54, 1.807) is 0 Å². The van der Waals surface area contributed by atoms with Gasteiger partial charge in [0.2, 0.25) is 0 Å². The van der Waals surface area contributed by atoms with E-state index in [1.807, 2.05) is 13.8 Å². The molecule has 0 rings (SSSR count). The molecule has 0 bridgehead atoms. The van der Waals surface area contributed by atoms with Crippen LogP contribution in [0.15, 0.2) is 5.11 Å². The summed E-state index contributed by atoms with van der Waals surface area (Å²) < 4.78 is 10.7. The summed E-state index contributed by atoms with van der Waals surface area (Å²) in [7, 11) is 0. The van der Waals surface area contributed by atoms with Crippen LogP contribution in [0.1, 0.15) is 98.3 Å². The van der Waals surface area contributed by atoms with Crippen molar-refractivity contribution in [1.82, 2.24) is 0 Å². The normalized spacial score (nSPS) is 14.0. The first-order chi connectivity index (χ1) is 13.3. The molecule has 0 radical (unpaired) electrons. The number of unbranched alkanes of at least 4 members (excludes halogenated alkanes) is 5. The molecule has 1 N–H and O–H groups in total. The van der Waals surface area contributed by atoms with Gasteiger partial charge in [-0.3, -0.25) is 14.4 Å². The number of carbonyl (C=O) groups is 3. The van der Waals surface area contributed by atoms with E-state index in [4.69, 9.17) is 15.0 Å². The lowest BCUT2D eigenvalue weighted by Gasteiger charge is -2.31. The monoisotopic (exact) mass is 398 g/mol. The number of ether oxygens (including phenoxy) is 2. The number of hydrogen-bond acceptors (Lipinski definition) is 7. The van der Waals surface area contributed by atoms with Crippen molar-refractivity contribution in [3.63, 3.8) is 0 Å². The van der Waals surface area contributed by atoms with E-state index in [1.165, 1.54) is 6.92 Å². The molecule has 28 heavy (non-hydrogen) atoms. The van der Waals surface area contributed by atoms with E-state index < -0.39 is 23.6 Å². The summed E-state index contributed by atoms with van der Waals surface area (Å²) in [6.45, 7) is 7.24. The highest BCUT2D eigenvalue weighted by atomic mass is 16.6. The number of Topliss-reactive ketones (excluding diaryl/α,β-unsaturated/α-hetero) is 1. The number of esters is 2. The number of hydrogen-bond donors (Lipinski definition) is 1. The van der Waals surface area contributed by atoms with Gasteiger partial charge < -0.3 is 9.47 Å². The second-order valence-corrected chi connectivity index (χ2v) is 7.36. The zero-order valence-corrected chi connectivity index (χ0v) is 18.1. The number of nitrogens with zero attached hydrogens (tertiary/aromatic N) is 1. The van der Waals surface area contributed by atoms with Crippen molar-refractivity contribution in [2.24, 2.45) is 5.11 Å². The molecule has 0 aliphatic heterocycles. The van der Waals surface area contributed by atoms with Gasteiger partial charge in [0.1, 0.15) is 6.61 Å². The Labute approximate surface area is 169 Å². The Morgan fingerprint density at radius 2 is 1.43 bits per heavy atom. The molecule has 0 fully saturated rings. The maximum Gasteiger partial charge on any atom is 0.306 e. The molecule has 0 aliphatic carbocycles. The SMILES string of the molecule is CCCCCCC(=O)C(C)(N=N)C(COC(=O)CCCC)OC(=O)CCCC. The third kappa shape index (κ3) is 9.95. The first-order valence-electron chi connectivity index (χ1n) is 10.6. The van der Waals surface area contributed by atoms with Crippen LogP contribution in [-0.2, 0) is 23.9 Å². The van der Waals surface area contributed by atoms with Crippen LogP contribution < -0.4 is 0 Å². The highest BCUT2D eigenvalue weighted by Crippen LogP contribution is 2.25. The maximum absolute atomic E-state index is 12.8. The molecule has 0 aromatic heterocycles. The smallest absolute Gasteiger partial charge is 0.306 e. The summed E-state index contributed by atoms with van der Waals surface area (Å²) in [6, 6.07) is 0. The zero-order valence-electron chi connectivity index (χ0n) is 18.1. The minimum atomic E-state index is -1.54. The number of rotatable bonds is 17. The average Bonchev–Trinajstić information content (AvgIpc) is 2.70. The summed E-state index contributed by atoms with van der Waals surface area (Å²) in [5.74, 6) is -1.14. The predicted octanol–water partition coefficient (Wildman–Crippen LogP) is 5.15. The molecular formula is C21H38N2O5. The average molecular weight is 399 g/mol. The molecule has 0 aliphatic rings. The fraction of sp³-hybridized carbons (Fsp3) is 0.857. The number of nitrogens with one attached hydrogen (secondary N) is 1. The minimum absolute atomic E-state index is 0.218. The van der Waals surface area contributed by atoms with Crippen LogP contribution >= 0.6 is 0 Å². The lowest BCUT2D eigenvalue weighted by atomic mass is 9.87. The standard InChI is InChI=1S/C21H38N2O5/c1-5-8-11-12-13-17(24)21(4,23-22)18(28-20(26)15-10-7-3)16-27-19(25)14-9-6-2/h18,22H,5-16H2,1-4H3. The lowest BCUT2D eigenvalue weighted by molar-refractivity contribution is -0.165. The van der Waals surface area contributed by atoms with E-state index in [0.717, 1.165) is 32.1 Å². The second-order valence-electron chi connectivity index (χ2n) is 7.36. The van der Waals surface area contributed by atoms with Gasteiger partial charge in [-0.1, -0.05) is 52.9 Å². The van der Waals surface area contributed by atoms with Gasteiger partial charge in [-0.2, -0.15) is 5.11 Å². The molecule has 0 heterocycles. The van der Waals surface area contributed by atoms with Gasteiger partial charge >= 0.3 is 11.9 Å². The van der Waals surface area contributed by atoms with Gasteiger partial charge in [-0.25, -0.2) is 5.53 Å². The van der Waals surface area contributed by atoms with Crippen molar-refractivity contribution in [2.45, 2.75) is 110 Å². The Hall–Kier alpha value is -1.79. The summed E-state index contributed by atoms with van der Waals surface area (Å²) in [4.78, 5) is 36.8. The Morgan fingerprint density at radius 3 is 1.96 bits per heavy atom. The first kappa shape index (κ1) is 26.2. The molecule has 0 saturated carbocycles. The van der Waals surface area contributed by atoms with Gasteiger partial charge in [0.25, 0.3) is 0 Å². The fourth-order valence-corrected chi connectivity index (χ4v) is 2.69. The van der Waals surface area contributed by atoms with Crippen LogP contribution in [0.4, 0.5) is 0 Å². The number of ketones is 1. The fourth-order valence-electron chi connectivity index (χ4n) is 2.69. The van der Waals surface area contributed by atoms with Crippen LogP contribution in [0.2, 0.25) is 0 Å². The van der Waals surface area contributed by atoms with Gasteiger partial charge in [0.15, 0.2) is 17.4 Å². The van der Waals surface area contributed by atoms with Crippen LogP contribution in [0, 0.1) is 5.53 Å². The van der Waals surface area contributed by atoms with Crippen LogP contribution in [0.5, 0.6) is 0 Å². The van der Waals surface area contributed by atoms with E-state index in [9.17, 15) is 14.4 Å². The first-order valence-corrected chi connectivity index (χ1v) is 10.6. The molecule has 7 heteroatoms. The van der Waals surface area contributed by atoms with Crippen LogP contribution in [0.25, 0.3) is 0 Å². The van der Waals surface area contributed by atoms with E-state index in [2.05, 4.69) is 12.0 Å². The van der Waals surface area contributed by atoms with Gasteiger partial charge in [0.05, 0.1) is 0 Å². The predicted molar refractivity (Wildman–Crippen MR) is 107 cm³/mol. The zero-order chi connectivity index (χ0) is 21.4. The Balaban J connectivity index is 5.15. The Morgan fingerprint density at radius 1 is 0.857 bits per heavy atom. The molecule has 7 nitrogen and oxygen atoms in total. The van der Waals surface area contributed by atoms with Crippen LogP contribution in [0.3, 0.4) is 0 Å². The van der Waals surface area contributed by atoms with Crippen LogP contribution in [-0.4, -0.2) is 36.0 Å². The molecule has 162 valence electrons. The lowest BCUT2D eigenvalue weighted by Crippen LogP contribution is -2.50. The second kappa shape index (κ2) is 15.2. The molecule has 2 atom stereocenters. The molecule has 2 unspecified atom stereocenters. The van der Waals surface area contributed by atoms with E-state index in [-0.39, 0.29) is 31.7 Å². The summed E-state index contributed by atoms with van der Waals surface area (Å²) in [5, 5.41) is 3.52. The molecule has 0 aromatic carbocycles. The third-order valence-electron chi connectivity index (χ3n) is 4.82. The summed E-state index contributed by atoms with van der Waals surface area (Å²) >= 11 is 0. The van der Waals surface area contributed by atoms with Crippen molar-refractivity contribution in [2.75, 3.05) is 6.61 Å². The Kier molecular flexibility index (Phi) is 14.2. The highest BCUT2D eigenvalue weighted by Gasteiger charge is 2.44. The number of carbonyl (C=O) groups excluding carboxylic acids is 3. The highest BCUT2D eigenvalue weighted by molar-refractivity contribution is 5.89. The van der Waals surface area contributed by atoms with Gasteiger partial charge in [0, 0.05) is 19.3 Å². The summed E-state index contributed by atoms with van der Waals surface area (Å²) in [6.07, 6.45) is 6.44. The minimum Gasteiger partial charge on any atom is -0.462 e. The molecule has 0 spiro atoms.